The van der Waals surface area contributed by atoms with Crippen LogP contribution in [0.1, 0.15) is 207 Å². The highest BCUT2D eigenvalue weighted by atomic mass is 14.1. The van der Waals surface area contributed by atoms with Gasteiger partial charge >= 0.3 is 0 Å². The van der Waals surface area contributed by atoms with E-state index in [-0.39, 0.29) is 0 Å². The Morgan fingerprint density at radius 1 is 0.265 bits per heavy atom. The molecule has 0 bridgehead atoms. The largest absolute Gasteiger partial charge is 0.0654 e. The smallest absolute Gasteiger partial charge is 0.0443 e. The van der Waals surface area contributed by atoms with Crippen LogP contribution in [0.2, 0.25) is 0 Å². The van der Waals surface area contributed by atoms with E-state index in [9.17, 15) is 0 Å². The van der Waals surface area contributed by atoms with Gasteiger partial charge in [-0.1, -0.05) is 207 Å². The lowest BCUT2D eigenvalue weighted by molar-refractivity contribution is 0.392. The predicted octanol–water partition coefficient (Wildman–Crippen LogP) is 13.2. The van der Waals surface area contributed by atoms with Gasteiger partial charge in [-0.3, -0.25) is 0 Å². The van der Waals surface area contributed by atoms with E-state index in [4.69, 9.17) is 0 Å². The van der Waals surface area contributed by atoms with Gasteiger partial charge in [-0.25, -0.2) is 0 Å². The van der Waals surface area contributed by atoms with Gasteiger partial charge in [-0.15, -0.1) is 0 Å². The van der Waals surface area contributed by atoms with Crippen LogP contribution < -0.4 is 0 Å². The monoisotopic (exact) mass is 479 g/mol. The molecule has 0 rings (SSSR count). The molecule has 0 aliphatic heterocycles. The molecule has 0 aromatic heterocycles. The van der Waals surface area contributed by atoms with Gasteiger partial charge in [0.2, 0.25) is 0 Å². The molecule has 0 spiro atoms. The molecule has 2 unspecified atom stereocenters. The van der Waals surface area contributed by atoms with E-state index in [1.807, 2.05) is 0 Å². The highest BCUT2D eigenvalue weighted by Gasteiger charge is 2.06. The van der Waals surface area contributed by atoms with Crippen LogP contribution in [0.15, 0.2) is 0 Å². The van der Waals surface area contributed by atoms with Crippen LogP contribution in [-0.4, -0.2) is 0 Å². The van der Waals surface area contributed by atoms with Crippen LogP contribution in [0, 0.1) is 11.8 Å². The maximum atomic E-state index is 2.50. The van der Waals surface area contributed by atoms with Crippen molar-refractivity contribution >= 4 is 0 Å². The van der Waals surface area contributed by atoms with Crippen molar-refractivity contribution in [2.75, 3.05) is 0 Å². The lowest BCUT2D eigenvalue weighted by Gasteiger charge is -2.14. The Morgan fingerprint density at radius 2 is 0.471 bits per heavy atom. The fourth-order valence-corrected chi connectivity index (χ4v) is 5.59. The summed E-state index contributed by atoms with van der Waals surface area (Å²) in [5.41, 5.74) is 0. The highest BCUT2D eigenvalue weighted by molar-refractivity contribution is 4.59. The van der Waals surface area contributed by atoms with E-state index in [0.29, 0.717) is 0 Å². The van der Waals surface area contributed by atoms with Crippen molar-refractivity contribution in [3.8, 4) is 0 Å². The van der Waals surface area contributed by atoms with Crippen molar-refractivity contribution in [1.82, 2.24) is 0 Å². The van der Waals surface area contributed by atoms with Gasteiger partial charge in [0, 0.05) is 0 Å². The number of rotatable bonds is 29. The molecule has 0 aromatic carbocycles. The minimum Gasteiger partial charge on any atom is -0.0654 e. The van der Waals surface area contributed by atoms with Gasteiger partial charge in [-0.05, 0) is 11.8 Å². The summed E-state index contributed by atoms with van der Waals surface area (Å²) in [6, 6.07) is 0. The number of hydrogen-bond acceptors (Lipinski definition) is 0. The molecular formula is C34H70. The van der Waals surface area contributed by atoms with Crippen molar-refractivity contribution in [3.63, 3.8) is 0 Å². The van der Waals surface area contributed by atoms with Crippen LogP contribution in [0.5, 0.6) is 0 Å². The molecule has 0 heteroatoms. The molecule has 0 radical (unpaired) electrons. The van der Waals surface area contributed by atoms with Crippen molar-refractivity contribution < 1.29 is 0 Å². The zero-order valence-electron chi connectivity index (χ0n) is 25.0. The minimum absolute atomic E-state index is 0.957. The maximum Gasteiger partial charge on any atom is -0.0443 e. The molecule has 0 aliphatic rings. The third kappa shape index (κ3) is 28.2. The van der Waals surface area contributed by atoms with Crippen LogP contribution in [0.4, 0.5) is 0 Å². The zero-order chi connectivity index (χ0) is 25.0. The summed E-state index contributed by atoms with van der Waals surface area (Å²) < 4.78 is 0. The second-order valence-electron chi connectivity index (χ2n) is 12.1. The Labute approximate surface area is 219 Å². The highest BCUT2D eigenvalue weighted by Crippen LogP contribution is 2.21. The van der Waals surface area contributed by atoms with Crippen molar-refractivity contribution in [3.05, 3.63) is 0 Å². The summed E-state index contributed by atoms with van der Waals surface area (Å²) in [6.07, 6.45) is 41.2. The van der Waals surface area contributed by atoms with Crippen molar-refractivity contribution in [1.29, 1.82) is 0 Å². The quantitative estimate of drug-likeness (QED) is 0.0937. The molecule has 34 heavy (non-hydrogen) atoms. The molecule has 0 aliphatic carbocycles. The number of hydrogen-bond donors (Lipinski definition) is 0. The van der Waals surface area contributed by atoms with E-state index in [2.05, 4.69) is 27.7 Å². The van der Waals surface area contributed by atoms with E-state index < -0.39 is 0 Å². The van der Waals surface area contributed by atoms with Crippen LogP contribution in [0.25, 0.3) is 0 Å². The average molecular weight is 479 g/mol. The third-order valence-electron chi connectivity index (χ3n) is 8.24. The first-order valence-corrected chi connectivity index (χ1v) is 16.7. The SMILES string of the molecule is CCCCCCCCCCCCCCCCCCCCCCC(C)CCCC(C)CCCCC. The lowest BCUT2D eigenvalue weighted by atomic mass is 9.92. The van der Waals surface area contributed by atoms with Crippen LogP contribution in [0.3, 0.4) is 0 Å². The minimum atomic E-state index is 0.957. The predicted molar refractivity (Wildman–Crippen MR) is 159 cm³/mol. The lowest BCUT2D eigenvalue weighted by Crippen LogP contribution is -1.99. The average Bonchev–Trinajstić information content (AvgIpc) is 2.83. The molecule has 0 amide bonds. The maximum absolute atomic E-state index is 2.50. The Bertz CT molecular complexity index is 346. The fourth-order valence-electron chi connectivity index (χ4n) is 5.59. The van der Waals surface area contributed by atoms with Gasteiger partial charge in [0.05, 0.1) is 0 Å². The normalized spacial score (nSPS) is 13.4. The Morgan fingerprint density at radius 3 is 0.794 bits per heavy atom. The molecular weight excluding hydrogens is 408 g/mol. The van der Waals surface area contributed by atoms with Gasteiger partial charge < -0.3 is 0 Å². The second kappa shape index (κ2) is 29.2. The summed E-state index contributed by atoms with van der Waals surface area (Å²) in [5.74, 6) is 1.91. The van der Waals surface area contributed by atoms with Crippen molar-refractivity contribution in [2.45, 2.75) is 207 Å². The van der Waals surface area contributed by atoms with Crippen LogP contribution in [-0.2, 0) is 0 Å². The summed E-state index contributed by atoms with van der Waals surface area (Å²) >= 11 is 0. The van der Waals surface area contributed by atoms with Gasteiger partial charge in [0.15, 0.2) is 0 Å². The molecule has 0 nitrogen and oxygen atoms in total. The number of unbranched alkanes of at least 4 members (excludes halogenated alkanes) is 21. The molecule has 0 N–H and O–H groups in total. The Hall–Kier alpha value is 0. The van der Waals surface area contributed by atoms with Gasteiger partial charge in [0.1, 0.15) is 0 Å². The second-order valence-corrected chi connectivity index (χ2v) is 12.1. The molecule has 2 atom stereocenters. The standard InChI is InChI=1S/C34H70/c1-5-7-9-10-11-12-13-14-15-16-17-18-19-20-21-22-23-24-25-27-30-34(4)32-28-31-33(3)29-26-8-6-2/h33-34H,5-32H2,1-4H3. The molecule has 0 saturated heterocycles. The summed E-state index contributed by atoms with van der Waals surface area (Å²) in [7, 11) is 0. The summed E-state index contributed by atoms with van der Waals surface area (Å²) in [5, 5.41) is 0. The molecule has 0 heterocycles. The first-order chi connectivity index (χ1) is 16.7. The summed E-state index contributed by atoms with van der Waals surface area (Å²) in [6.45, 7) is 9.59. The Balaban J connectivity index is 3.17. The first-order valence-electron chi connectivity index (χ1n) is 16.7. The van der Waals surface area contributed by atoms with E-state index in [1.165, 1.54) is 180 Å². The van der Waals surface area contributed by atoms with Crippen LogP contribution >= 0.6 is 0 Å². The van der Waals surface area contributed by atoms with Gasteiger partial charge in [-0.2, -0.15) is 0 Å². The van der Waals surface area contributed by atoms with E-state index >= 15 is 0 Å². The molecule has 0 fully saturated rings. The summed E-state index contributed by atoms with van der Waals surface area (Å²) in [4.78, 5) is 0. The third-order valence-corrected chi connectivity index (χ3v) is 8.24. The molecule has 206 valence electrons. The van der Waals surface area contributed by atoms with Crippen molar-refractivity contribution in [2.24, 2.45) is 11.8 Å². The Kier molecular flexibility index (Phi) is 29.2. The van der Waals surface area contributed by atoms with E-state index in [1.54, 1.807) is 0 Å². The topological polar surface area (TPSA) is 0 Å². The molecule has 0 aromatic rings. The zero-order valence-corrected chi connectivity index (χ0v) is 25.0. The molecule has 0 saturated carbocycles. The fraction of sp³-hybridized carbons (Fsp3) is 1.00. The van der Waals surface area contributed by atoms with E-state index in [0.717, 1.165) is 11.8 Å². The first kappa shape index (κ1) is 34.0. The van der Waals surface area contributed by atoms with Gasteiger partial charge in [0.25, 0.3) is 0 Å².